The average Bonchev–Trinajstić information content (AvgIpc) is 2.73. The lowest BCUT2D eigenvalue weighted by atomic mass is 10.2. The van der Waals surface area contributed by atoms with Crippen LogP contribution >= 0.6 is 0 Å². The fraction of sp³-hybridized carbons (Fsp3) is 0.500. The molecule has 2 atom stereocenters. The van der Waals surface area contributed by atoms with E-state index in [-0.39, 0.29) is 21.9 Å². The van der Waals surface area contributed by atoms with Gasteiger partial charge in [0.15, 0.2) is 9.84 Å². The highest BCUT2D eigenvalue weighted by molar-refractivity contribution is 7.90. The van der Waals surface area contributed by atoms with Gasteiger partial charge in [0.1, 0.15) is 0 Å². The molecule has 1 aromatic carbocycles. The zero-order chi connectivity index (χ0) is 15.0. The Kier molecular flexibility index (Phi) is 4.19. The predicted octanol–water partition coefficient (Wildman–Crippen LogP) is 0.248. The molecule has 1 aliphatic rings. The normalized spacial score (nSPS) is 23.9. The van der Waals surface area contributed by atoms with E-state index in [4.69, 9.17) is 5.73 Å². The molecule has 20 heavy (non-hydrogen) atoms. The number of rotatable bonds is 4. The van der Waals surface area contributed by atoms with Crippen LogP contribution in [0.1, 0.15) is 19.3 Å². The number of hydrogen-bond donors (Lipinski definition) is 2. The third-order valence-electron chi connectivity index (χ3n) is 3.44. The summed E-state index contributed by atoms with van der Waals surface area (Å²) in [6.07, 6.45) is 3.51. The van der Waals surface area contributed by atoms with Crippen molar-refractivity contribution in [3.63, 3.8) is 0 Å². The highest BCUT2D eigenvalue weighted by atomic mass is 32.2. The maximum absolute atomic E-state index is 12.2. The molecule has 3 N–H and O–H groups in total. The second kappa shape index (κ2) is 5.44. The summed E-state index contributed by atoms with van der Waals surface area (Å²) < 4.78 is 49.6. The number of sulfonamides is 1. The van der Waals surface area contributed by atoms with Crippen LogP contribution in [0.3, 0.4) is 0 Å². The topological polar surface area (TPSA) is 106 Å². The summed E-state index contributed by atoms with van der Waals surface area (Å²) in [6.45, 7) is 0. The van der Waals surface area contributed by atoms with Crippen LogP contribution in [-0.4, -0.2) is 35.2 Å². The molecule has 0 amide bonds. The summed E-state index contributed by atoms with van der Waals surface area (Å²) in [4.78, 5) is 0.137. The predicted molar refractivity (Wildman–Crippen MR) is 75.5 cm³/mol. The lowest BCUT2D eigenvalue weighted by molar-refractivity contribution is 0.522. The number of nitrogens with two attached hydrogens (primary N) is 1. The summed E-state index contributed by atoms with van der Waals surface area (Å²) in [5, 5.41) is 0. The van der Waals surface area contributed by atoms with Gasteiger partial charge in [-0.1, -0.05) is 6.42 Å². The van der Waals surface area contributed by atoms with Crippen LogP contribution in [-0.2, 0) is 19.9 Å². The molecule has 1 fully saturated rings. The molecule has 0 radical (unpaired) electrons. The van der Waals surface area contributed by atoms with Crippen molar-refractivity contribution in [1.29, 1.82) is 0 Å². The van der Waals surface area contributed by atoms with Crippen LogP contribution in [0.4, 0.5) is 0 Å². The van der Waals surface area contributed by atoms with Gasteiger partial charge in [0, 0.05) is 18.3 Å². The molecule has 0 heterocycles. The molecule has 1 aromatic rings. The van der Waals surface area contributed by atoms with E-state index < -0.39 is 19.9 Å². The number of benzene rings is 1. The van der Waals surface area contributed by atoms with E-state index in [2.05, 4.69) is 4.72 Å². The van der Waals surface area contributed by atoms with Crippen molar-refractivity contribution in [3.05, 3.63) is 24.3 Å². The molecule has 1 aliphatic carbocycles. The molecule has 0 aromatic heterocycles. The molecule has 112 valence electrons. The van der Waals surface area contributed by atoms with Crippen molar-refractivity contribution in [2.45, 2.75) is 41.1 Å². The quantitative estimate of drug-likeness (QED) is 0.827. The Balaban J connectivity index is 2.22. The Morgan fingerprint density at radius 2 is 1.60 bits per heavy atom. The van der Waals surface area contributed by atoms with Crippen molar-refractivity contribution in [3.8, 4) is 0 Å². The zero-order valence-electron chi connectivity index (χ0n) is 11.1. The first-order chi connectivity index (χ1) is 9.20. The van der Waals surface area contributed by atoms with E-state index in [0.29, 0.717) is 0 Å². The number of nitrogens with one attached hydrogen (secondary N) is 1. The second-order valence-electron chi connectivity index (χ2n) is 5.07. The van der Waals surface area contributed by atoms with E-state index in [1.165, 1.54) is 24.3 Å². The highest BCUT2D eigenvalue weighted by Gasteiger charge is 2.28. The first-order valence-electron chi connectivity index (χ1n) is 6.28. The maximum Gasteiger partial charge on any atom is 0.240 e. The highest BCUT2D eigenvalue weighted by Crippen LogP contribution is 2.20. The Morgan fingerprint density at radius 3 is 2.05 bits per heavy atom. The van der Waals surface area contributed by atoms with Crippen LogP contribution in [0.2, 0.25) is 0 Å². The Morgan fingerprint density at radius 1 is 1.05 bits per heavy atom. The van der Waals surface area contributed by atoms with Gasteiger partial charge in [0.2, 0.25) is 10.0 Å². The van der Waals surface area contributed by atoms with Gasteiger partial charge in [-0.3, -0.25) is 0 Å². The monoisotopic (exact) mass is 318 g/mol. The van der Waals surface area contributed by atoms with Crippen LogP contribution < -0.4 is 10.5 Å². The summed E-state index contributed by atoms with van der Waals surface area (Å²) in [5.74, 6) is 0. The first kappa shape index (κ1) is 15.4. The van der Waals surface area contributed by atoms with Crippen molar-refractivity contribution in [2.24, 2.45) is 5.73 Å². The molecular formula is C12H18N2O4S2. The molecule has 6 nitrogen and oxygen atoms in total. The Bertz CT molecular complexity index is 681. The molecule has 0 spiro atoms. The standard InChI is InChI=1S/C12H18N2O4S2/c1-19(15,16)9-5-7-10(8-6-9)20(17,18)14-12-4-2-3-11(12)13/h5-8,11-12,14H,2-4,13H2,1H3. The lowest BCUT2D eigenvalue weighted by Gasteiger charge is -2.17. The van der Waals surface area contributed by atoms with E-state index in [0.717, 1.165) is 25.5 Å². The van der Waals surface area contributed by atoms with E-state index in [9.17, 15) is 16.8 Å². The lowest BCUT2D eigenvalue weighted by Crippen LogP contribution is -2.43. The third-order valence-corrected chi connectivity index (χ3v) is 6.07. The van der Waals surface area contributed by atoms with Crippen molar-refractivity contribution in [2.75, 3.05) is 6.26 Å². The number of hydrogen-bond acceptors (Lipinski definition) is 5. The van der Waals surface area contributed by atoms with Gasteiger partial charge in [-0.25, -0.2) is 21.6 Å². The second-order valence-corrected chi connectivity index (χ2v) is 8.80. The largest absolute Gasteiger partial charge is 0.326 e. The Labute approximate surface area is 119 Å². The minimum atomic E-state index is -3.66. The third kappa shape index (κ3) is 3.38. The Hall–Kier alpha value is -0.960. The SMILES string of the molecule is CS(=O)(=O)c1ccc(S(=O)(=O)NC2CCCC2N)cc1. The zero-order valence-corrected chi connectivity index (χ0v) is 12.7. The van der Waals surface area contributed by atoms with E-state index >= 15 is 0 Å². The molecule has 1 saturated carbocycles. The summed E-state index contributed by atoms with van der Waals surface area (Å²) >= 11 is 0. The van der Waals surface area contributed by atoms with E-state index in [1.54, 1.807) is 0 Å². The molecule has 0 saturated heterocycles. The van der Waals surface area contributed by atoms with Crippen molar-refractivity contribution >= 4 is 19.9 Å². The maximum atomic E-state index is 12.2. The van der Waals surface area contributed by atoms with Gasteiger partial charge in [-0.2, -0.15) is 0 Å². The van der Waals surface area contributed by atoms with E-state index in [1.807, 2.05) is 0 Å². The molecule has 2 unspecified atom stereocenters. The smallest absolute Gasteiger partial charge is 0.240 e. The minimum absolute atomic E-state index is 0.0454. The minimum Gasteiger partial charge on any atom is -0.326 e. The van der Waals surface area contributed by atoms with Gasteiger partial charge in [-0.15, -0.1) is 0 Å². The summed E-state index contributed by atoms with van der Waals surface area (Å²) in [5.41, 5.74) is 5.84. The van der Waals surface area contributed by atoms with Gasteiger partial charge < -0.3 is 5.73 Å². The number of sulfone groups is 1. The first-order valence-corrected chi connectivity index (χ1v) is 9.66. The van der Waals surface area contributed by atoms with Crippen molar-refractivity contribution in [1.82, 2.24) is 4.72 Å². The fourth-order valence-corrected chi connectivity index (χ4v) is 4.22. The van der Waals surface area contributed by atoms with Gasteiger partial charge in [-0.05, 0) is 37.1 Å². The van der Waals surface area contributed by atoms with Crippen molar-refractivity contribution < 1.29 is 16.8 Å². The molecule has 2 rings (SSSR count). The van der Waals surface area contributed by atoms with Gasteiger partial charge >= 0.3 is 0 Å². The van der Waals surface area contributed by atoms with Crippen LogP contribution in [0.5, 0.6) is 0 Å². The molecule has 0 bridgehead atoms. The van der Waals surface area contributed by atoms with Crippen LogP contribution in [0.15, 0.2) is 34.1 Å². The van der Waals surface area contributed by atoms with Crippen LogP contribution in [0.25, 0.3) is 0 Å². The molecule has 0 aliphatic heterocycles. The summed E-state index contributed by atoms with van der Waals surface area (Å²) in [6, 6.07) is 4.74. The molecule has 8 heteroatoms. The van der Waals surface area contributed by atoms with Gasteiger partial charge in [0.05, 0.1) is 9.79 Å². The molecular weight excluding hydrogens is 300 g/mol. The fourth-order valence-electron chi connectivity index (χ4n) is 2.27. The van der Waals surface area contributed by atoms with Crippen LogP contribution in [0, 0.1) is 0 Å². The average molecular weight is 318 g/mol. The summed E-state index contributed by atoms with van der Waals surface area (Å²) in [7, 11) is -7.00. The van der Waals surface area contributed by atoms with Gasteiger partial charge in [0.25, 0.3) is 0 Å².